The number of methoxy groups -OCH3 is 1. The van der Waals surface area contributed by atoms with Gasteiger partial charge in [-0.05, 0) is 30.7 Å². The van der Waals surface area contributed by atoms with Gasteiger partial charge >= 0.3 is 43.4 Å². The van der Waals surface area contributed by atoms with E-state index < -0.39 is 0 Å². The number of hydrogen-bond donors (Lipinski definition) is 1. The summed E-state index contributed by atoms with van der Waals surface area (Å²) in [6.07, 6.45) is 0.914. The van der Waals surface area contributed by atoms with Gasteiger partial charge in [-0.25, -0.2) is 0 Å². The van der Waals surface area contributed by atoms with Crippen LogP contribution in [0, 0.1) is 0 Å². The summed E-state index contributed by atoms with van der Waals surface area (Å²) in [5.74, 6) is 0.899. The fourth-order valence-corrected chi connectivity index (χ4v) is 0.995. The Morgan fingerprint density at radius 1 is 1.43 bits per heavy atom. The predicted molar refractivity (Wildman–Crippen MR) is 69.4 cm³/mol. The summed E-state index contributed by atoms with van der Waals surface area (Å²) >= 11 is 6.22. The first-order valence-electron chi connectivity index (χ1n) is 4.07. The molecule has 0 aliphatic heterocycles. The van der Waals surface area contributed by atoms with E-state index in [0.29, 0.717) is 6.54 Å². The van der Waals surface area contributed by atoms with E-state index in [-0.39, 0.29) is 19.4 Å². The molecular weight excluding hydrogens is 505 g/mol. The van der Waals surface area contributed by atoms with Crippen molar-refractivity contribution in [2.45, 2.75) is 6.42 Å². The van der Waals surface area contributed by atoms with Crippen molar-refractivity contribution in [3.05, 3.63) is 29.8 Å². The van der Waals surface area contributed by atoms with Crippen molar-refractivity contribution in [2.24, 2.45) is 5.73 Å². The topological polar surface area (TPSA) is 35.2 Å². The van der Waals surface area contributed by atoms with Gasteiger partial charge in [0.1, 0.15) is 5.75 Å². The second-order valence-electron chi connectivity index (χ2n) is 2.46. The third kappa shape index (κ3) is 7.19. The van der Waals surface area contributed by atoms with E-state index in [1.165, 1.54) is 5.56 Å². The van der Waals surface area contributed by atoms with E-state index in [0.717, 1.165) is 12.2 Å². The molecule has 0 aliphatic carbocycles. The van der Waals surface area contributed by atoms with Gasteiger partial charge < -0.3 is 10.5 Å². The van der Waals surface area contributed by atoms with Crippen LogP contribution >= 0.6 is 24.0 Å². The maximum atomic E-state index is 5.41. The molecule has 5 heteroatoms. The van der Waals surface area contributed by atoms with Gasteiger partial charge in [0.25, 0.3) is 0 Å². The SMILES string of the molecule is COc1cccc(CCN)c1.[Br][Pb][Br]. The van der Waals surface area contributed by atoms with E-state index >= 15 is 0 Å². The maximum absolute atomic E-state index is 5.41. The molecular formula is C9H13Br2NOPb. The Balaban J connectivity index is 0.000000500. The van der Waals surface area contributed by atoms with Crippen LogP contribution in [0.1, 0.15) is 5.56 Å². The normalized spacial score (nSPS) is 8.86. The van der Waals surface area contributed by atoms with Crippen molar-refractivity contribution in [2.75, 3.05) is 13.7 Å². The van der Waals surface area contributed by atoms with E-state index in [9.17, 15) is 0 Å². The molecule has 0 heterocycles. The monoisotopic (exact) mass is 517 g/mol. The zero-order valence-electron chi connectivity index (χ0n) is 7.97. The average molecular weight is 518 g/mol. The fourth-order valence-electron chi connectivity index (χ4n) is 0.995. The van der Waals surface area contributed by atoms with Crippen molar-refractivity contribution in [3.63, 3.8) is 0 Å². The molecule has 0 bridgehead atoms. The molecule has 0 atom stereocenters. The quantitative estimate of drug-likeness (QED) is 0.625. The molecule has 0 amide bonds. The molecule has 14 heavy (non-hydrogen) atoms. The second kappa shape index (κ2) is 10.4. The summed E-state index contributed by atoms with van der Waals surface area (Å²) in [7, 11) is 1.67. The number of ether oxygens (including phenoxy) is 1. The summed E-state index contributed by atoms with van der Waals surface area (Å²) in [6.45, 7) is 0.688. The van der Waals surface area contributed by atoms with Crippen LogP contribution in [0.2, 0.25) is 0 Å². The Morgan fingerprint density at radius 2 is 2.07 bits per heavy atom. The fraction of sp³-hybridized carbons (Fsp3) is 0.333. The molecule has 0 fully saturated rings. The van der Waals surface area contributed by atoms with Crippen molar-refractivity contribution in [3.8, 4) is 5.75 Å². The number of benzene rings is 1. The number of nitrogens with two attached hydrogens (primary N) is 1. The van der Waals surface area contributed by atoms with Crippen molar-refractivity contribution >= 4 is 43.4 Å². The first-order chi connectivity index (χ1) is 6.78. The molecule has 0 saturated heterocycles. The predicted octanol–water partition coefficient (Wildman–Crippen LogP) is 2.51. The van der Waals surface area contributed by atoms with Gasteiger partial charge in [-0.15, -0.1) is 0 Å². The molecule has 1 aromatic carbocycles. The van der Waals surface area contributed by atoms with Crippen molar-refractivity contribution in [1.82, 2.24) is 0 Å². The zero-order valence-corrected chi connectivity index (χ0v) is 15.0. The minimum absolute atomic E-state index is 0.292. The molecule has 2 nitrogen and oxygen atoms in total. The Morgan fingerprint density at radius 3 is 2.57 bits per heavy atom. The van der Waals surface area contributed by atoms with Gasteiger partial charge in [0.05, 0.1) is 7.11 Å². The summed E-state index contributed by atoms with van der Waals surface area (Å²) in [6, 6.07) is 7.96. The van der Waals surface area contributed by atoms with Crippen LogP contribution in [0.4, 0.5) is 0 Å². The Labute approximate surface area is 108 Å². The van der Waals surface area contributed by atoms with E-state index in [4.69, 9.17) is 10.5 Å². The molecule has 0 unspecified atom stereocenters. The summed E-state index contributed by atoms with van der Waals surface area (Å²) in [5.41, 5.74) is 6.64. The van der Waals surface area contributed by atoms with Crippen LogP contribution < -0.4 is 10.5 Å². The molecule has 0 aromatic heterocycles. The van der Waals surface area contributed by atoms with Crippen molar-refractivity contribution < 1.29 is 4.74 Å². The van der Waals surface area contributed by atoms with Crippen LogP contribution in [0.3, 0.4) is 0 Å². The van der Waals surface area contributed by atoms with Gasteiger partial charge in [-0.1, -0.05) is 12.1 Å². The van der Waals surface area contributed by atoms with Gasteiger partial charge in [-0.2, -0.15) is 0 Å². The van der Waals surface area contributed by atoms with Crippen LogP contribution in [-0.2, 0) is 6.42 Å². The van der Waals surface area contributed by atoms with Gasteiger partial charge in [0.15, 0.2) is 0 Å². The number of rotatable bonds is 3. The third-order valence-electron chi connectivity index (χ3n) is 1.57. The first kappa shape index (κ1) is 14.9. The average Bonchev–Trinajstić information content (AvgIpc) is 2.20. The summed E-state index contributed by atoms with van der Waals surface area (Å²) in [4.78, 5) is 0. The van der Waals surface area contributed by atoms with Crippen LogP contribution in [0.25, 0.3) is 0 Å². The minimum atomic E-state index is -0.292. The van der Waals surface area contributed by atoms with Crippen LogP contribution in [-0.4, -0.2) is 33.1 Å². The van der Waals surface area contributed by atoms with Crippen LogP contribution in [0.15, 0.2) is 24.3 Å². The van der Waals surface area contributed by atoms with Gasteiger partial charge in [-0.3, -0.25) is 0 Å². The number of halogens is 2. The molecule has 2 N–H and O–H groups in total. The number of hydrogen-bond acceptors (Lipinski definition) is 2. The Kier molecular flexibility index (Phi) is 11.0. The molecule has 78 valence electrons. The third-order valence-corrected chi connectivity index (χ3v) is 1.57. The Hall–Kier alpha value is 0.862. The summed E-state index contributed by atoms with van der Waals surface area (Å²) < 4.78 is 5.06. The molecule has 0 spiro atoms. The molecule has 0 aliphatic rings. The van der Waals surface area contributed by atoms with Gasteiger partial charge in [0.2, 0.25) is 0 Å². The van der Waals surface area contributed by atoms with Gasteiger partial charge in [0, 0.05) is 0 Å². The van der Waals surface area contributed by atoms with E-state index in [2.05, 4.69) is 30.0 Å². The summed E-state index contributed by atoms with van der Waals surface area (Å²) in [5, 5.41) is 0. The molecule has 2 radical (unpaired) electrons. The standard InChI is InChI=1S/C9H13NO.2BrH.Pb/c1-11-9-4-2-3-8(7-9)5-6-10;;;/h2-4,7H,5-6,10H2,1H3;2*1H;/q;;;+2/p-2. The van der Waals surface area contributed by atoms with Crippen molar-refractivity contribution in [1.29, 1.82) is 0 Å². The van der Waals surface area contributed by atoms with E-state index in [1.54, 1.807) is 7.11 Å². The second-order valence-corrected chi connectivity index (χ2v) is 19.3. The molecule has 1 aromatic rings. The first-order valence-corrected chi connectivity index (χ1v) is 20.9. The Bertz CT molecular complexity index is 248. The zero-order chi connectivity index (χ0) is 10.8. The van der Waals surface area contributed by atoms with E-state index in [1.807, 2.05) is 18.2 Å². The molecule has 1 rings (SSSR count). The molecule has 0 saturated carbocycles. The van der Waals surface area contributed by atoms with Crippen LogP contribution in [0.5, 0.6) is 5.75 Å².